The third kappa shape index (κ3) is 4.60. The minimum atomic E-state index is -0.289. The summed E-state index contributed by atoms with van der Waals surface area (Å²) in [7, 11) is 1.85. The number of aryl methyl sites for hydroxylation is 1. The summed E-state index contributed by atoms with van der Waals surface area (Å²) in [5, 5.41) is 11.1. The number of aromatic nitrogens is 3. The van der Waals surface area contributed by atoms with Crippen molar-refractivity contribution in [2.45, 2.75) is 17.3 Å². The molecule has 1 N–H and O–H groups in total. The summed E-state index contributed by atoms with van der Waals surface area (Å²) in [6, 6.07) is 16.8. The van der Waals surface area contributed by atoms with Crippen molar-refractivity contribution in [1.82, 2.24) is 14.8 Å². The van der Waals surface area contributed by atoms with Gasteiger partial charge in [0.15, 0.2) is 5.16 Å². The molecule has 0 fully saturated rings. The molecule has 1 amide bonds. The van der Waals surface area contributed by atoms with E-state index in [4.69, 9.17) is 4.74 Å². The molecule has 1 aromatic heterocycles. The first kappa shape index (κ1) is 17.0. The summed E-state index contributed by atoms with van der Waals surface area (Å²) in [5.41, 5.74) is 0.718. The molecule has 6 nitrogen and oxygen atoms in total. The lowest BCUT2D eigenvalue weighted by Crippen LogP contribution is -2.22. The van der Waals surface area contributed by atoms with Crippen LogP contribution in [0.1, 0.15) is 6.92 Å². The predicted octanol–water partition coefficient (Wildman–Crippen LogP) is 3.73. The molecule has 0 spiro atoms. The van der Waals surface area contributed by atoms with Gasteiger partial charge >= 0.3 is 0 Å². The zero-order valence-corrected chi connectivity index (χ0v) is 14.7. The largest absolute Gasteiger partial charge is 0.457 e. The van der Waals surface area contributed by atoms with Gasteiger partial charge in [-0.25, -0.2) is 0 Å². The Kier molecular flexibility index (Phi) is 5.35. The first-order chi connectivity index (χ1) is 12.1. The number of hydrogen-bond donors (Lipinski definition) is 1. The van der Waals surface area contributed by atoms with Crippen LogP contribution in [0.5, 0.6) is 11.5 Å². The molecular weight excluding hydrogens is 336 g/mol. The Hall–Kier alpha value is -2.80. The highest BCUT2D eigenvalue weighted by atomic mass is 32.2. The maximum atomic E-state index is 12.3. The Morgan fingerprint density at radius 3 is 2.44 bits per heavy atom. The summed E-state index contributed by atoms with van der Waals surface area (Å²) in [6.07, 6.45) is 1.61. The SMILES string of the molecule is C[C@@H](Sc1nncn1C)C(=O)Nc1ccc(Oc2ccccc2)cc1. The number of hydrogen-bond acceptors (Lipinski definition) is 5. The number of benzene rings is 2. The molecular formula is C18H18N4O2S. The predicted molar refractivity (Wildman–Crippen MR) is 97.9 cm³/mol. The van der Waals surface area contributed by atoms with E-state index in [9.17, 15) is 4.79 Å². The Balaban J connectivity index is 1.57. The van der Waals surface area contributed by atoms with Gasteiger partial charge in [-0.05, 0) is 43.3 Å². The maximum absolute atomic E-state index is 12.3. The first-order valence-electron chi connectivity index (χ1n) is 7.76. The van der Waals surface area contributed by atoms with Crippen LogP contribution in [-0.4, -0.2) is 25.9 Å². The fourth-order valence-corrected chi connectivity index (χ4v) is 2.86. The van der Waals surface area contributed by atoms with E-state index in [2.05, 4.69) is 15.5 Å². The van der Waals surface area contributed by atoms with Gasteiger partial charge < -0.3 is 14.6 Å². The monoisotopic (exact) mass is 354 g/mol. The van der Waals surface area contributed by atoms with E-state index in [-0.39, 0.29) is 11.2 Å². The van der Waals surface area contributed by atoms with Gasteiger partial charge in [-0.15, -0.1) is 10.2 Å². The van der Waals surface area contributed by atoms with Gasteiger partial charge in [-0.1, -0.05) is 30.0 Å². The number of carbonyl (C=O) groups is 1. The minimum Gasteiger partial charge on any atom is -0.457 e. The third-order valence-corrected chi connectivity index (χ3v) is 4.57. The molecule has 0 saturated carbocycles. The molecule has 0 saturated heterocycles. The van der Waals surface area contributed by atoms with E-state index in [0.29, 0.717) is 10.9 Å². The summed E-state index contributed by atoms with van der Waals surface area (Å²) in [6.45, 7) is 1.83. The maximum Gasteiger partial charge on any atom is 0.237 e. The molecule has 0 aliphatic rings. The standard InChI is InChI=1S/C18H18N4O2S/c1-13(25-18-21-19-12-22(18)2)17(23)20-14-8-10-16(11-9-14)24-15-6-4-3-5-7-15/h3-13H,1-2H3,(H,20,23)/t13-/m1/s1. The molecule has 128 valence electrons. The number of thioether (sulfide) groups is 1. The molecule has 0 radical (unpaired) electrons. The summed E-state index contributed by atoms with van der Waals surface area (Å²) >= 11 is 1.36. The smallest absolute Gasteiger partial charge is 0.237 e. The van der Waals surface area contributed by atoms with E-state index >= 15 is 0 Å². The molecule has 0 aliphatic heterocycles. The highest BCUT2D eigenvalue weighted by Crippen LogP contribution is 2.24. The number of nitrogens with zero attached hydrogens (tertiary/aromatic N) is 3. The van der Waals surface area contributed by atoms with Crippen LogP contribution in [0.15, 0.2) is 66.1 Å². The molecule has 0 aliphatic carbocycles. The quantitative estimate of drug-likeness (QED) is 0.683. The Morgan fingerprint density at radius 2 is 1.80 bits per heavy atom. The molecule has 2 aromatic carbocycles. The summed E-state index contributed by atoms with van der Waals surface area (Å²) in [4.78, 5) is 12.3. The van der Waals surface area contributed by atoms with Crippen molar-refractivity contribution in [3.05, 3.63) is 60.9 Å². The minimum absolute atomic E-state index is 0.0928. The molecule has 3 aromatic rings. The van der Waals surface area contributed by atoms with Crippen molar-refractivity contribution in [2.75, 3.05) is 5.32 Å². The molecule has 3 rings (SSSR count). The van der Waals surface area contributed by atoms with E-state index in [1.54, 1.807) is 10.9 Å². The van der Waals surface area contributed by atoms with Crippen molar-refractivity contribution in [1.29, 1.82) is 0 Å². The normalized spacial score (nSPS) is 11.8. The highest BCUT2D eigenvalue weighted by molar-refractivity contribution is 8.00. The van der Waals surface area contributed by atoms with Gasteiger partial charge in [-0.3, -0.25) is 4.79 Å². The number of carbonyl (C=O) groups excluding carboxylic acids is 1. The van der Waals surface area contributed by atoms with E-state index in [1.807, 2.05) is 68.6 Å². The van der Waals surface area contributed by atoms with E-state index in [1.165, 1.54) is 11.8 Å². The Bertz CT molecular complexity index is 834. The average Bonchev–Trinajstić information content (AvgIpc) is 3.02. The fourth-order valence-electron chi connectivity index (χ4n) is 2.07. The van der Waals surface area contributed by atoms with Crippen molar-refractivity contribution < 1.29 is 9.53 Å². The van der Waals surface area contributed by atoms with Gasteiger partial charge in [0.2, 0.25) is 5.91 Å². The van der Waals surface area contributed by atoms with Crippen LogP contribution in [-0.2, 0) is 11.8 Å². The van der Waals surface area contributed by atoms with Gasteiger partial charge in [0.25, 0.3) is 0 Å². The summed E-state index contributed by atoms with van der Waals surface area (Å²) < 4.78 is 7.52. The second kappa shape index (κ2) is 7.85. The van der Waals surface area contributed by atoms with Gasteiger partial charge in [0, 0.05) is 12.7 Å². The number of ether oxygens (including phenoxy) is 1. The molecule has 0 unspecified atom stereocenters. The number of anilines is 1. The van der Waals surface area contributed by atoms with Crippen molar-refractivity contribution in [3.8, 4) is 11.5 Å². The first-order valence-corrected chi connectivity index (χ1v) is 8.64. The van der Waals surface area contributed by atoms with Crippen molar-refractivity contribution in [2.24, 2.45) is 7.05 Å². The second-order valence-corrected chi connectivity index (χ2v) is 6.72. The lowest BCUT2D eigenvalue weighted by atomic mass is 10.3. The van der Waals surface area contributed by atoms with Gasteiger partial charge in [-0.2, -0.15) is 0 Å². The second-order valence-electron chi connectivity index (χ2n) is 5.41. The van der Waals surface area contributed by atoms with Crippen LogP contribution >= 0.6 is 11.8 Å². The number of rotatable bonds is 6. The van der Waals surface area contributed by atoms with Crippen LogP contribution in [0.25, 0.3) is 0 Å². The van der Waals surface area contributed by atoms with Gasteiger partial charge in [0.1, 0.15) is 17.8 Å². The number of amides is 1. The topological polar surface area (TPSA) is 69.0 Å². The Morgan fingerprint density at radius 1 is 1.12 bits per heavy atom. The number of nitrogens with one attached hydrogen (secondary N) is 1. The molecule has 7 heteroatoms. The molecule has 25 heavy (non-hydrogen) atoms. The van der Waals surface area contributed by atoms with Crippen LogP contribution in [0.4, 0.5) is 5.69 Å². The zero-order valence-electron chi connectivity index (χ0n) is 13.9. The molecule has 1 atom stereocenters. The number of para-hydroxylation sites is 1. The van der Waals surface area contributed by atoms with Crippen LogP contribution < -0.4 is 10.1 Å². The van der Waals surface area contributed by atoms with Crippen molar-refractivity contribution in [3.63, 3.8) is 0 Å². The van der Waals surface area contributed by atoms with Crippen molar-refractivity contribution >= 4 is 23.4 Å². The fraction of sp³-hybridized carbons (Fsp3) is 0.167. The van der Waals surface area contributed by atoms with Crippen LogP contribution in [0, 0.1) is 0 Å². The lowest BCUT2D eigenvalue weighted by molar-refractivity contribution is -0.115. The lowest BCUT2D eigenvalue weighted by Gasteiger charge is -2.12. The van der Waals surface area contributed by atoms with E-state index < -0.39 is 0 Å². The average molecular weight is 354 g/mol. The van der Waals surface area contributed by atoms with E-state index in [0.717, 1.165) is 11.4 Å². The van der Waals surface area contributed by atoms with Gasteiger partial charge in [0.05, 0.1) is 5.25 Å². The van der Waals surface area contributed by atoms with Crippen LogP contribution in [0.3, 0.4) is 0 Å². The highest BCUT2D eigenvalue weighted by Gasteiger charge is 2.17. The third-order valence-electron chi connectivity index (χ3n) is 3.42. The molecule has 0 bridgehead atoms. The Labute approximate surface area is 150 Å². The van der Waals surface area contributed by atoms with Crippen LogP contribution in [0.2, 0.25) is 0 Å². The molecule has 1 heterocycles. The zero-order chi connectivity index (χ0) is 17.6. The summed E-state index contributed by atoms with van der Waals surface area (Å²) in [5.74, 6) is 1.39.